The minimum absolute atomic E-state index is 0.176. The van der Waals surface area contributed by atoms with Crippen LogP contribution in [0.3, 0.4) is 0 Å². The summed E-state index contributed by atoms with van der Waals surface area (Å²) in [6.45, 7) is 2.00. The van der Waals surface area contributed by atoms with Gasteiger partial charge in [0.1, 0.15) is 24.3 Å². The van der Waals surface area contributed by atoms with Crippen LogP contribution in [0.1, 0.15) is 23.3 Å². The number of hydrogen-bond acceptors (Lipinski definition) is 6. The van der Waals surface area contributed by atoms with Crippen molar-refractivity contribution in [3.05, 3.63) is 94.7 Å². The molecule has 0 saturated heterocycles. The molecule has 6 nitrogen and oxygen atoms in total. The van der Waals surface area contributed by atoms with E-state index in [2.05, 4.69) is 10.1 Å². The predicted octanol–water partition coefficient (Wildman–Crippen LogP) is 4.65. The van der Waals surface area contributed by atoms with Crippen molar-refractivity contribution in [3.8, 4) is 0 Å². The van der Waals surface area contributed by atoms with Crippen molar-refractivity contribution in [2.75, 3.05) is 19.7 Å². The Labute approximate surface area is 197 Å². The molecule has 4 rings (SSSR count). The highest BCUT2D eigenvalue weighted by molar-refractivity contribution is 6.30. The van der Waals surface area contributed by atoms with E-state index in [1.54, 1.807) is 24.5 Å². The van der Waals surface area contributed by atoms with E-state index >= 15 is 0 Å². The first-order valence-electron chi connectivity index (χ1n) is 10.8. The molecule has 0 saturated carbocycles. The maximum atomic E-state index is 13.2. The predicted molar refractivity (Wildman–Crippen MR) is 124 cm³/mol. The van der Waals surface area contributed by atoms with Crippen LogP contribution in [0.15, 0.2) is 76.5 Å². The molecule has 1 aliphatic rings. The number of rotatable bonds is 11. The Bertz CT molecular complexity index is 1040. The first-order chi connectivity index (χ1) is 16.0. The van der Waals surface area contributed by atoms with Gasteiger partial charge in [0.25, 0.3) is 0 Å². The number of aliphatic hydroxyl groups excluding tert-OH is 1. The Morgan fingerprint density at radius 3 is 2.79 bits per heavy atom. The van der Waals surface area contributed by atoms with Crippen LogP contribution < -0.4 is 0 Å². The molecule has 0 fully saturated rings. The lowest BCUT2D eigenvalue weighted by Crippen LogP contribution is -2.39. The second kappa shape index (κ2) is 11.4. The molecule has 3 aromatic rings. The second-order valence-electron chi connectivity index (χ2n) is 8.05. The van der Waals surface area contributed by atoms with Crippen LogP contribution in [0.5, 0.6) is 0 Å². The molecule has 0 spiro atoms. The molecule has 1 N–H and O–H groups in total. The lowest BCUT2D eigenvalue weighted by molar-refractivity contribution is -0.00955. The zero-order valence-electron chi connectivity index (χ0n) is 18.1. The summed E-state index contributed by atoms with van der Waals surface area (Å²) in [4.78, 5) is 7.75. The van der Waals surface area contributed by atoms with E-state index in [4.69, 9.17) is 25.6 Å². The van der Waals surface area contributed by atoms with E-state index in [1.807, 2.05) is 30.3 Å². The second-order valence-corrected chi connectivity index (χ2v) is 8.49. The average molecular weight is 473 g/mol. The minimum Gasteiger partial charge on any atom is -0.467 e. The lowest BCUT2D eigenvalue weighted by atomic mass is 10.0. The molecular formula is C25H26ClFN2O4. The van der Waals surface area contributed by atoms with Crippen LogP contribution in [0.2, 0.25) is 5.02 Å². The Morgan fingerprint density at radius 1 is 1.18 bits per heavy atom. The highest BCUT2D eigenvalue weighted by Gasteiger charge is 2.26. The maximum absolute atomic E-state index is 13.2. The standard InChI is InChI=1S/C25H26ClFN2O4/c26-20-4-1-3-18(11-20)13-29(14-22(30)16-31-17-23-5-2-10-32-23)15-24-12-25(28-33-24)19-6-8-21(27)9-7-19/h1-11,22,24,30H,12-17H2/t22-,24+/m1/s1. The third kappa shape index (κ3) is 7.14. The third-order valence-electron chi connectivity index (χ3n) is 5.27. The molecule has 2 heterocycles. The van der Waals surface area contributed by atoms with Crippen molar-refractivity contribution in [1.82, 2.24) is 4.90 Å². The van der Waals surface area contributed by atoms with Crippen molar-refractivity contribution in [2.24, 2.45) is 5.16 Å². The Morgan fingerprint density at radius 2 is 2.03 bits per heavy atom. The highest BCUT2D eigenvalue weighted by Crippen LogP contribution is 2.20. The molecule has 174 valence electrons. The van der Waals surface area contributed by atoms with Gasteiger partial charge in [0.2, 0.25) is 0 Å². The zero-order chi connectivity index (χ0) is 23.0. The molecule has 1 aromatic heterocycles. The van der Waals surface area contributed by atoms with E-state index in [1.165, 1.54) is 12.1 Å². The molecule has 0 radical (unpaired) electrons. The fourth-order valence-corrected chi connectivity index (χ4v) is 3.98. The van der Waals surface area contributed by atoms with E-state index in [-0.39, 0.29) is 18.5 Å². The van der Waals surface area contributed by atoms with Gasteiger partial charge in [-0.15, -0.1) is 0 Å². The molecule has 2 atom stereocenters. The first-order valence-corrected chi connectivity index (χ1v) is 11.2. The first kappa shape index (κ1) is 23.4. The molecule has 1 aliphatic heterocycles. The summed E-state index contributed by atoms with van der Waals surface area (Å²) < 4.78 is 24.1. The number of furan rings is 1. The summed E-state index contributed by atoms with van der Waals surface area (Å²) in [7, 11) is 0. The Kier molecular flexibility index (Phi) is 8.12. The number of halogens is 2. The number of ether oxygens (including phenoxy) is 1. The van der Waals surface area contributed by atoms with Crippen molar-refractivity contribution in [2.45, 2.75) is 31.8 Å². The largest absolute Gasteiger partial charge is 0.467 e. The van der Waals surface area contributed by atoms with Crippen LogP contribution in [0, 0.1) is 5.82 Å². The summed E-state index contributed by atoms with van der Waals surface area (Å²) in [6, 6.07) is 17.5. The number of oxime groups is 1. The summed E-state index contributed by atoms with van der Waals surface area (Å²) in [6.07, 6.45) is 1.31. The molecule has 2 aromatic carbocycles. The molecule has 0 aliphatic carbocycles. The Hall–Kier alpha value is -2.71. The van der Waals surface area contributed by atoms with Gasteiger partial charge >= 0.3 is 0 Å². The third-order valence-corrected chi connectivity index (χ3v) is 5.51. The van der Waals surface area contributed by atoms with Crippen molar-refractivity contribution in [3.63, 3.8) is 0 Å². The molecule has 8 heteroatoms. The minimum atomic E-state index is -0.696. The topological polar surface area (TPSA) is 67.4 Å². The summed E-state index contributed by atoms with van der Waals surface area (Å²) >= 11 is 6.15. The quantitative estimate of drug-likeness (QED) is 0.440. The van der Waals surface area contributed by atoms with E-state index < -0.39 is 6.10 Å². The normalized spacial score (nSPS) is 16.6. The number of hydrogen-bond donors (Lipinski definition) is 1. The number of aliphatic hydroxyl groups is 1. The van der Waals surface area contributed by atoms with Gasteiger partial charge in [-0.25, -0.2) is 4.39 Å². The lowest BCUT2D eigenvalue weighted by Gasteiger charge is -2.27. The van der Waals surface area contributed by atoms with Gasteiger partial charge in [0.15, 0.2) is 0 Å². The van der Waals surface area contributed by atoms with Crippen LogP contribution >= 0.6 is 11.6 Å². The van der Waals surface area contributed by atoms with Crippen LogP contribution in [-0.2, 0) is 22.7 Å². The molecule has 0 amide bonds. The SMILES string of the molecule is O[C@@H](COCc1ccco1)CN(Cc1cccc(Cl)c1)C[C@@H]1CC(c2ccc(F)cc2)=NO1. The summed E-state index contributed by atoms with van der Waals surface area (Å²) in [5.41, 5.74) is 2.65. The number of benzene rings is 2. The van der Waals surface area contributed by atoms with Crippen molar-refractivity contribution in [1.29, 1.82) is 0 Å². The van der Waals surface area contributed by atoms with E-state index in [0.717, 1.165) is 16.8 Å². The fourth-order valence-electron chi connectivity index (χ4n) is 3.77. The van der Waals surface area contributed by atoms with Crippen LogP contribution in [-0.4, -0.2) is 47.6 Å². The monoisotopic (exact) mass is 472 g/mol. The van der Waals surface area contributed by atoms with Crippen molar-refractivity contribution >= 4 is 17.3 Å². The summed E-state index contributed by atoms with van der Waals surface area (Å²) in [5, 5.41) is 15.4. The molecule has 0 unspecified atom stereocenters. The number of nitrogens with zero attached hydrogens (tertiary/aromatic N) is 2. The average Bonchev–Trinajstić information content (AvgIpc) is 3.47. The van der Waals surface area contributed by atoms with Gasteiger partial charge in [-0.05, 0) is 47.5 Å². The van der Waals surface area contributed by atoms with Gasteiger partial charge in [-0.3, -0.25) is 4.90 Å². The van der Waals surface area contributed by atoms with E-state index in [9.17, 15) is 9.50 Å². The fraction of sp³-hybridized carbons (Fsp3) is 0.320. The van der Waals surface area contributed by atoms with Crippen molar-refractivity contribution < 1.29 is 23.5 Å². The van der Waals surface area contributed by atoms with Crippen LogP contribution in [0.25, 0.3) is 0 Å². The maximum Gasteiger partial charge on any atom is 0.145 e. The smallest absolute Gasteiger partial charge is 0.145 e. The summed E-state index contributed by atoms with van der Waals surface area (Å²) in [5.74, 6) is 0.425. The van der Waals surface area contributed by atoms with Gasteiger partial charge in [0.05, 0.1) is 24.7 Å². The van der Waals surface area contributed by atoms with Crippen LogP contribution in [0.4, 0.5) is 4.39 Å². The van der Waals surface area contributed by atoms with Gasteiger partial charge in [0, 0.05) is 31.1 Å². The van der Waals surface area contributed by atoms with Gasteiger partial charge in [-0.1, -0.05) is 41.0 Å². The van der Waals surface area contributed by atoms with E-state index in [0.29, 0.717) is 43.4 Å². The molecule has 33 heavy (non-hydrogen) atoms. The van der Waals surface area contributed by atoms with Gasteiger partial charge in [-0.2, -0.15) is 0 Å². The van der Waals surface area contributed by atoms with Gasteiger partial charge < -0.3 is 19.1 Å². The zero-order valence-corrected chi connectivity index (χ0v) is 18.8. The Balaban J connectivity index is 1.34. The molecular weight excluding hydrogens is 447 g/mol. The molecule has 0 bridgehead atoms. The highest BCUT2D eigenvalue weighted by atomic mass is 35.5.